The van der Waals surface area contributed by atoms with Crippen LogP contribution in [0.1, 0.15) is 33.1 Å². The highest BCUT2D eigenvalue weighted by molar-refractivity contribution is 5.85. The number of rotatable bonds is 5. The minimum Gasteiger partial charge on any atom is -0.480 e. The highest BCUT2D eigenvalue weighted by Gasteiger charge is 2.31. The van der Waals surface area contributed by atoms with Crippen LogP contribution in [-0.4, -0.2) is 47.0 Å². The largest absolute Gasteiger partial charge is 0.480 e. The van der Waals surface area contributed by atoms with Crippen LogP contribution in [0.4, 0.5) is 4.79 Å². The van der Waals surface area contributed by atoms with Crippen molar-refractivity contribution in [2.75, 3.05) is 13.1 Å². The van der Waals surface area contributed by atoms with E-state index in [9.17, 15) is 14.4 Å². The maximum absolute atomic E-state index is 12.1. The Balaban J connectivity index is 2.64. The summed E-state index contributed by atoms with van der Waals surface area (Å²) in [4.78, 5) is 35.9. The Labute approximate surface area is 118 Å². The zero-order chi connectivity index (χ0) is 15.3. The number of carbonyl (C=O) groups is 3. The van der Waals surface area contributed by atoms with Gasteiger partial charge in [0.15, 0.2) is 0 Å². The predicted octanol–water partition coefficient (Wildman–Crippen LogP) is 0.393. The molecule has 7 heteroatoms. The van der Waals surface area contributed by atoms with Crippen LogP contribution < -0.4 is 11.1 Å². The van der Waals surface area contributed by atoms with E-state index in [-0.39, 0.29) is 24.3 Å². The lowest BCUT2D eigenvalue weighted by Gasteiger charge is -2.32. The normalized spacial score (nSPS) is 21.9. The Morgan fingerprint density at radius 3 is 2.60 bits per heavy atom. The number of carboxylic acid groups (broad SMARTS) is 1. The van der Waals surface area contributed by atoms with Gasteiger partial charge >= 0.3 is 12.0 Å². The van der Waals surface area contributed by atoms with E-state index in [1.54, 1.807) is 6.92 Å². The summed E-state index contributed by atoms with van der Waals surface area (Å²) >= 11 is 0. The zero-order valence-electron chi connectivity index (χ0n) is 12.0. The molecule has 0 bridgehead atoms. The molecule has 0 aromatic carbocycles. The molecule has 7 nitrogen and oxygen atoms in total. The maximum atomic E-state index is 12.1. The number of hydrogen-bond acceptors (Lipinski definition) is 3. The number of amides is 3. The van der Waals surface area contributed by atoms with Gasteiger partial charge in [0.05, 0.1) is 5.92 Å². The Kier molecular flexibility index (Phi) is 5.79. The van der Waals surface area contributed by atoms with Crippen LogP contribution in [0.5, 0.6) is 0 Å². The molecule has 3 amide bonds. The monoisotopic (exact) mass is 285 g/mol. The van der Waals surface area contributed by atoms with Gasteiger partial charge in [0.1, 0.15) is 6.04 Å². The Bertz CT molecular complexity index is 386. The second kappa shape index (κ2) is 7.12. The Hall–Kier alpha value is -1.79. The van der Waals surface area contributed by atoms with Crippen LogP contribution in [0, 0.1) is 11.8 Å². The molecule has 1 heterocycles. The Morgan fingerprint density at radius 1 is 1.45 bits per heavy atom. The van der Waals surface area contributed by atoms with Crippen LogP contribution in [0.3, 0.4) is 0 Å². The first kappa shape index (κ1) is 16.3. The number of likely N-dealkylation sites (tertiary alicyclic amines) is 1. The molecule has 0 aliphatic carbocycles. The zero-order valence-corrected chi connectivity index (χ0v) is 12.0. The smallest absolute Gasteiger partial charge is 0.326 e. The summed E-state index contributed by atoms with van der Waals surface area (Å²) in [6.45, 7) is 4.47. The van der Waals surface area contributed by atoms with Gasteiger partial charge in [0.2, 0.25) is 5.91 Å². The van der Waals surface area contributed by atoms with Crippen molar-refractivity contribution in [3.05, 3.63) is 0 Å². The fourth-order valence-corrected chi connectivity index (χ4v) is 2.35. The Morgan fingerprint density at radius 2 is 2.10 bits per heavy atom. The summed E-state index contributed by atoms with van der Waals surface area (Å²) in [6.07, 6.45) is 2.00. The summed E-state index contributed by atoms with van der Waals surface area (Å²) in [5.74, 6) is -1.88. The summed E-state index contributed by atoms with van der Waals surface area (Å²) in [5, 5.41) is 11.7. The third kappa shape index (κ3) is 4.11. The van der Waals surface area contributed by atoms with E-state index in [0.717, 1.165) is 0 Å². The highest BCUT2D eigenvalue weighted by Crippen LogP contribution is 2.17. The van der Waals surface area contributed by atoms with Gasteiger partial charge in [0, 0.05) is 13.1 Å². The van der Waals surface area contributed by atoms with E-state index in [2.05, 4.69) is 5.32 Å². The molecule has 0 saturated carbocycles. The van der Waals surface area contributed by atoms with E-state index in [1.165, 1.54) is 4.90 Å². The molecule has 0 radical (unpaired) electrons. The van der Waals surface area contributed by atoms with Crippen molar-refractivity contribution in [3.8, 4) is 0 Å². The third-order valence-electron chi connectivity index (χ3n) is 3.88. The first-order chi connectivity index (χ1) is 9.36. The summed E-state index contributed by atoms with van der Waals surface area (Å²) in [6, 6.07) is -1.43. The molecule has 3 atom stereocenters. The van der Waals surface area contributed by atoms with Gasteiger partial charge in [-0.3, -0.25) is 4.79 Å². The van der Waals surface area contributed by atoms with E-state index < -0.39 is 18.0 Å². The van der Waals surface area contributed by atoms with Crippen LogP contribution in [0.25, 0.3) is 0 Å². The number of nitrogens with two attached hydrogens (primary N) is 1. The van der Waals surface area contributed by atoms with Crippen molar-refractivity contribution in [3.63, 3.8) is 0 Å². The molecule has 0 spiro atoms. The van der Waals surface area contributed by atoms with Gasteiger partial charge in [0.25, 0.3) is 0 Å². The predicted molar refractivity (Wildman–Crippen MR) is 72.9 cm³/mol. The topological polar surface area (TPSA) is 113 Å². The van der Waals surface area contributed by atoms with Crippen molar-refractivity contribution in [2.24, 2.45) is 17.6 Å². The number of nitrogens with zero attached hydrogens (tertiary/aromatic N) is 1. The molecule has 0 aromatic heterocycles. The van der Waals surface area contributed by atoms with Gasteiger partial charge in [-0.05, 0) is 18.8 Å². The first-order valence-corrected chi connectivity index (χ1v) is 6.94. The van der Waals surface area contributed by atoms with E-state index >= 15 is 0 Å². The molecule has 1 fully saturated rings. The van der Waals surface area contributed by atoms with E-state index in [0.29, 0.717) is 25.8 Å². The molecule has 4 N–H and O–H groups in total. The molecule has 1 aliphatic heterocycles. The fraction of sp³-hybridized carbons (Fsp3) is 0.769. The number of carbonyl (C=O) groups excluding carboxylic acids is 2. The molecular weight excluding hydrogens is 262 g/mol. The summed E-state index contributed by atoms with van der Waals surface area (Å²) < 4.78 is 0. The van der Waals surface area contributed by atoms with Crippen molar-refractivity contribution in [2.45, 2.75) is 39.2 Å². The average Bonchev–Trinajstić information content (AvgIpc) is 2.43. The highest BCUT2D eigenvalue weighted by atomic mass is 16.4. The lowest BCUT2D eigenvalue weighted by molar-refractivity contribution is -0.144. The minimum atomic E-state index is -1.03. The number of primary amides is 1. The molecular formula is C13H23N3O4. The third-order valence-corrected chi connectivity index (χ3v) is 3.88. The molecule has 1 aliphatic rings. The molecule has 1 saturated heterocycles. The minimum absolute atomic E-state index is 0.146. The number of piperidine rings is 1. The van der Waals surface area contributed by atoms with Gasteiger partial charge in [-0.1, -0.05) is 20.3 Å². The van der Waals surface area contributed by atoms with Crippen LogP contribution in [0.15, 0.2) is 0 Å². The summed E-state index contributed by atoms with van der Waals surface area (Å²) in [5.41, 5.74) is 5.21. The van der Waals surface area contributed by atoms with Crippen LogP contribution in [-0.2, 0) is 9.59 Å². The van der Waals surface area contributed by atoms with Gasteiger partial charge in [-0.25, -0.2) is 9.59 Å². The molecule has 0 aromatic rings. The van der Waals surface area contributed by atoms with Crippen molar-refractivity contribution >= 4 is 17.9 Å². The van der Waals surface area contributed by atoms with Crippen LogP contribution in [0.2, 0.25) is 0 Å². The van der Waals surface area contributed by atoms with Crippen LogP contribution >= 0.6 is 0 Å². The SMILES string of the molecule is CC[C@H](C)[C@H](NC(=O)[C@H]1CCCN(C(N)=O)C1)C(=O)O. The average molecular weight is 285 g/mol. The molecule has 114 valence electrons. The molecule has 20 heavy (non-hydrogen) atoms. The molecule has 0 unspecified atom stereocenters. The number of aliphatic carboxylic acids is 1. The number of nitrogens with one attached hydrogen (secondary N) is 1. The quantitative estimate of drug-likeness (QED) is 0.678. The van der Waals surface area contributed by atoms with Crippen molar-refractivity contribution < 1.29 is 19.5 Å². The molecule has 1 rings (SSSR count). The summed E-state index contributed by atoms with van der Waals surface area (Å²) in [7, 11) is 0. The first-order valence-electron chi connectivity index (χ1n) is 6.94. The van der Waals surface area contributed by atoms with Crippen molar-refractivity contribution in [1.29, 1.82) is 0 Å². The number of carboxylic acids is 1. The lowest BCUT2D eigenvalue weighted by Crippen LogP contribution is -2.51. The maximum Gasteiger partial charge on any atom is 0.326 e. The number of hydrogen-bond donors (Lipinski definition) is 3. The fourth-order valence-electron chi connectivity index (χ4n) is 2.35. The standard InChI is InChI=1S/C13H23N3O4/c1-3-8(2)10(12(18)19)15-11(17)9-5-4-6-16(7-9)13(14)20/h8-10H,3-7H2,1-2H3,(H2,14,20)(H,15,17)(H,18,19)/t8-,9-,10-/m0/s1. The van der Waals surface area contributed by atoms with Gasteiger partial charge in [-0.15, -0.1) is 0 Å². The second-order valence-corrected chi connectivity index (χ2v) is 5.33. The van der Waals surface area contributed by atoms with Gasteiger partial charge < -0.3 is 21.1 Å². The van der Waals surface area contributed by atoms with E-state index in [1.807, 2.05) is 6.92 Å². The number of urea groups is 1. The second-order valence-electron chi connectivity index (χ2n) is 5.33. The lowest BCUT2D eigenvalue weighted by atomic mass is 9.94. The van der Waals surface area contributed by atoms with E-state index in [4.69, 9.17) is 10.8 Å². The van der Waals surface area contributed by atoms with Crippen molar-refractivity contribution in [1.82, 2.24) is 10.2 Å². The van der Waals surface area contributed by atoms with Gasteiger partial charge in [-0.2, -0.15) is 0 Å².